The first-order valence-electron chi connectivity index (χ1n) is 10.1. The molecule has 0 aliphatic carbocycles. The predicted molar refractivity (Wildman–Crippen MR) is 123 cm³/mol. The zero-order chi connectivity index (χ0) is 20.6. The molecule has 0 saturated heterocycles. The second-order valence-corrected chi connectivity index (χ2v) is 7.96. The van der Waals surface area contributed by atoms with Crippen molar-refractivity contribution in [3.63, 3.8) is 0 Å². The van der Waals surface area contributed by atoms with Crippen molar-refractivity contribution < 1.29 is 4.42 Å². The van der Waals surface area contributed by atoms with Crippen LogP contribution in [-0.4, -0.2) is 9.13 Å². The van der Waals surface area contributed by atoms with Gasteiger partial charge in [0.05, 0.1) is 27.5 Å². The summed E-state index contributed by atoms with van der Waals surface area (Å²) in [6.07, 6.45) is 0. The van der Waals surface area contributed by atoms with Gasteiger partial charge in [0.2, 0.25) is 5.71 Å². The molecule has 0 amide bonds. The van der Waals surface area contributed by atoms with E-state index in [9.17, 15) is 4.79 Å². The summed E-state index contributed by atoms with van der Waals surface area (Å²) < 4.78 is 10.4. The summed E-state index contributed by atoms with van der Waals surface area (Å²) in [4.78, 5) is 13.4. The first-order valence-corrected chi connectivity index (χ1v) is 10.1. The quantitative estimate of drug-likeness (QED) is 0.344. The lowest BCUT2D eigenvalue weighted by molar-refractivity contribution is 0.647. The van der Waals surface area contributed by atoms with Crippen LogP contribution in [0.4, 0.5) is 0 Å². The predicted octanol–water partition coefficient (Wildman–Crippen LogP) is 6.00. The first-order chi connectivity index (χ1) is 14.6. The third kappa shape index (κ3) is 2.03. The van der Waals surface area contributed by atoms with Gasteiger partial charge in [-0.2, -0.15) is 0 Å². The molecule has 6 aromatic rings. The SMILES string of the molecule is Cc1cccc(C)c1-n1c2ccccc2c2c3c(=O)n(C)c4ccccc4c3oc21. The number of benzene rings is 3. The van der Waals surface area contributed by atoms with Crippen molar-refractivity contribution >= 4 is 43.9 Å². The van der Waals surface area contributed by atoms with E-state index in [1.54, 1.807) is 4.57 Å². The lowest BCUT2D eigenvalue weighted by Gasteiger charge is -2.12. The normalized spacial score (nSPS) is 12.0. The van der Waals surface area contributed by atoms with Crippen LogP contribution >= 0.6 is 0 Å². The fraction of sp³-hybridized carbons (Fsp3) is 0.115. The van der Waals surface area contributed by atoms with E-state index >= 15 is 0 Å². The molecule has 3 heterocycles. The van der Waals surface area contributed by atoms with Gasteiger partial charge in [-0.25, -0.2) is 0 Å². The van der Waals surface area contributed by atoms with Gasteiger partial charge in [0.25, 0.3) is 5.56 Å². The molecule has 0 fully saturated rings. The maximum atomic E-state index is 13.4. The zero-order valence-electron chi connectivity index (χ0n) is 17.1. The molecule has 0 aliphatic rings. The summed E-state index contributed by atoms with van der Waals surface area (Å²) in [6, 6.07) is 22.4. The standard InChI is InChI=1S/C26H20N2O2/c1-15-9-8-10-16(2)23(15)28-20-14-7-4-11-17(20)21-22-24(30-26(21)28)18-12-5-6-13-19(18)27(3)25(22)29/h4-14H,1-3H3. The molecule has 0 radical (unpaired) electrons. The van der Waals surface area contributed by atoms with Gasteiger partial charge in [-0.3, -0.25) is 9.36 Å². The summed E-state index contributed by atoms with van der Waals surface area (Å²) >= 11 is 0. The third-order valence-electron chi connectivity index (χ3n) is 6.20. The van der Waals surface area contributed by atoms with E-state index in [0.29, 0.717) is 11.0 Å². The highest BCUT2D eigenvalue weighted by atomic mass is 16.3. The molecule has 146 valence electrons. The van der Waals surface area contributed by atoms with E-state index in [2.05, 4.69) is 48.7 Å². The van der Waals surface area contributed by atoms with Crippen LogP contribution in [0.2, 0.25) is 0 Å². The van der Waals surface area contributed by atoms with Gasteiger partial charge in [-0.05, 0) is 43.2 Å². The number of hydrogen-bond donors (Lipinski definition) is 0. The molecule has 0 aliphatic heterocycles. The van der Waals surface area contributed by atoms with E-state index in [1.807, 2.05) is 43.4 Å². The van der Waals surface area contributed by atoms with Gasteiger partial charge in [0, 0.05) is 17.8 Å². The van der Waals surface area contributed by atoms with Crippen LogP contribution in [0.25, 0.3) is 49.6 Å². The van der Waals surface area contributed by atoms with Crippen LogP contribution in [-0.2, 0) is 7.05 Å². The van der Waals surface area contributed by atoms with Crippen molar-refractivity contribution in [3.05, 3.63) is 88.2 Å². The molecule has 0 spiro atoms. The molecule has 4 nitrogen and oxygen atoms in total. The smallest absolute Gasteiger partial charge is 0.262 e. The van der Waals surface area contributed by atoms with Gasteiger partial charge in [0.15, 0.2) is 5.58 Å². The van der Waals surface area contributed by atoms with Crippen LogP contribution in [0.3, 0.4) is 0 Å². The van der Waals surface area contributed by atoms with Crippen molar-refractivity contribution in [1.82, 2.24) is 9.13 Å². The Balaban J connectivity index is 1.95. The second kappa shape index (κ2) is 5.86. The Hall–Kier alpha value is -3.79. The Kier molecular flexibility index (Phi) is 3.34. The highest BCUT2D eigenvalue weighted by molar-refractivity contribution is 6.23. The summed E-state index contributed by atoms with van der Waals surface area (Å²) in [6.45, 7) is 4.22. The Morgan fingerprint density at radius 2 is 1.37 bits per heavy atom. The molecule has 0 unspecified atom stereocenters. The molecule has 4 heteroatoms. The number of aromatic nitrogens is 2. The lowest BCUT2D eigenvalue weighted by atomic mass is 10.1. The maximum Gasteiger partial charge on any atom is 0.262 e. The summed E-state index contributed by atoms with van der Waals surface area (Å²) in [5, 5.41) is 3.51. The summed E-state index contributed by atoms with van der Waals surface area (Å²) in [7, 11) is 1.83. The van der Waals surface area contributed by atoms with Crippen LogP contribution in [0, 0.1) is 13.8 Å². The monoisotopic (exact) mass is 392 g/mol. The molecule has 3 aromatic carbocycles. The van der Waals surface area contributed by atoms with E-state index in [1.165, 1.54) is 0 Å². The number of furan rings is 1. The number of fused-ring (bicyclic) bond motifs is 7. The molecule has 0 atom stereocenters. The minimum Gasteiger partial charge on any atom is -0.438 e. The van der Waals surface area contributed by atoms with Crippen LogP contribution in [0.1, 0.15) is 11.1 Å². The van der Waals surface area contributed by atoms with E-state index in [0.717, 1.165) is 49.7 Å². The zero-order valence-corrected chi connectivity index (χ0v) is 17.1. The fourth-order valence-electron chi connectivity index (χ4n) is 4.83. The molecule has 3 aromatic heterocycles. The topological polar surface area (TPSA) is 40.1 Å². The summed E-state index contributed by atoms with van der Waals surface area (Å²) in [5.74, 6) is 0. The molecule has 0 saturated carbocycles. The Morgan fingerprint density at radius 3 is 2.10 bits per heavy atom. The van der Waals surface area contributed by atoms with Crippen LogP contribution in [0.5, 0.6) is 0 Å². The largest absolute Gasteiger partial charge is 0.438 e. The third-order valence-corrected chi connectivity index (χ3v) is 6.20. The minimum absolute atomic E-state index is 0.0353. The van der Waals surface area contributed by atoms with Crippen molar-refractivity contribution in [1.29, 1.82) is 0 Å². The number of pyridine rings is 1. The molecule has 30 heavy (non-hydrogen) atoms. The Morgan fingerprint density at radius 1 is 0.733 bits per heavy atom. The Labute approximate surface area is 172 Å². The van der Waals surface area contributed by atoms with Gasteiger partial charge >= 0.3 is 0 Å². The second-order valence-electron chi connectivity index (χ2n) is 7.96. The first kappa shape index (κ1) is 17.1. The lowest BCUT2D eigenvalue weighted by Crippen LogP contribution is -2.16. The highest BCUT2D eigenvalue weighted by Gasteiger charge is 2.24. The maximum absolute atomic E-state index is 13.4. The van der Waals surface area contributed by atoms with E-state index in [4.69, 9.17) is 4.42 Å². The van der Waals surface area contributed by atoms with Gasteiger partial charge in [0.1, 0.15) is 0 Å². The molecular weight excluding hydrogens is 372 g/mol. The van der Waals surface area contributed by atoms with Gasteiger partial charge in [-0.15, -0.1) is 0 Å². The molecular formula is C26H20N2O2. The van der Waals surface area contributed by atoms with Gasteiger partial charge in [-0.1, -0.05) is 48.5 Å². The highest BCUT2D eigenvalue weighted by Crippen LogP contribution is 2.40. The van der Waals surface area contributed by atoms with Crippen molar-refractivity contribution in [2.75, 3.05) is 0 Å². The average molecular weight is 392 g/mol. The molecule has 0 bridgehead atoms. The van der Waals surface area contributed by atoms with Crippen LogP contribution < -0.4 is 5.56 Å². The number of nitrogens with zero attached hydrogens (tertiary/aromatic N) is 2. The number of rotatable bonds is 1. The molecule has 0 N–H and O–H groups in total. The fourth-order valence-corrected chi connectivity index (χ4v) is 4.83. The van der Waals surface area contributed by atoms with Crippen LogP contribution in [0.15, 0.2) is 75.9 Å². The van der Waals surface area contributed by atoms with E-state index < -0.39 is 0 Å². The van der Waals surface area contributed by atoms with Crippen molar-refractivity contribution in [3.8, 4) is 5.69 Å². The number of hydrogen-bond acceptors (Lipinski definition) is 2. The minimum atomic E-state index is -0.0353. The van der Waals surface area contributed by atoms with Gasteiger partial charge < -0.3 is 8.98 Å². The van der Waals surface area contributed by atoms with Crippen molar-refractivity contribution in [2.45, 2.75) is 13.8 Å². The summed E-state index contributed by atoms with van der Waals surface area (Å²) in [5.41, 5.74) is 6.68. The molecule has 6 rings (SSSR count). The van der Waals surface area contributed by atoms with Crippen molar-refractivity contribution in [2.24, 2.45) is 7.05 Å². The number of para-hydroxylation sites is 3. The average Bonchev–Trinajstić information content (AvgIpc) is 3.28. The Bertz CT molecular complexity index is 1680. The van der Waals surface area contributed by atoms with E-state index in [-0.39, 0.29) is 5.56 Å². The number of aryl methyl sites for hydroxylation is 3.